The third-order valence-electron chi connectivity index (χ3n) is 4.40. The van der Waals surface area contributed by atoms with Crippen molar-refractivity contribution >= 4 is 44.4 Å². The number of hydrogen-bond acceptors (Lipinski definition) is 6. The Morgan fingerprint density at radius 3 is 2.19 bits per heavy atom. The SMILES string of the molecule is COc1ccc(NS(=O)(=O)c2ccc(NC(=S)Nc3ccc4c(c3)OCO4)cc2)cc1. The van der Waals surface area contributed by atoms with Crippen LogP contribution in [0.5, 0.6) is 17.2 Å². The fourth-order valence-corrected chi connectivity index (χ4v) is 4.15. The molecule has 0 spiro atoms. The minimum atomic E-state index is -3.73. The van der Waals surface area contributed by atoms with Gasteiger partial charge in [0.25, 0.3) is 10.0 Å². The maximum absolute atomic E-state index is 12.6. The van der Waals surface area contributed by atoms with Crippen LogP contribution in [0.3, 0.4) is 0 Å². The molecular weight excluding hydrogens is 438 g/mol. The van der Waals surface area contributed by atoms with E-state index in [9.17, 15) is 8.42 Å². The smallest absolute Gasteiger partial charge is 0.261 e. The Morgan fingerprint density at radius 1 is 0.871 bits per heavy atom. The molecule has 0 fully saturated rings. The van der Waals surface area contributed by atoms with E-state index < -0.39 is 10.0 Å². The highest BCUT2D eigenvalue weighted by Crippen LogP contribution is 2.34. The standard InChI is InChI=1S/C21H19N3O5S2/c1-27-17-7-2-15(3-8-17)24-31(25,26)18-9-4-14(5-10-18)22-21(30)23-16-6-11-19-20(12-16)29-13-28-19/h2-12,24H,13H2,1H3,(H2,22,23,30). The first-order chi connectivity index (χ1) is 14.9. The van der Waals surface area contributed by atoms with Crippen LogP contribution in [0.4, 0.5) is 17.1 Å². The average molecular weight is 458 g/mol. The number of hydrogen-bond donors (Lipinski definition) is 3. The van der Waals surface area contributed by atoms with Crippen LogP contribution in [0.2, 0.25) is 0 Å². The van der Waals surface area contributed by atoms with Gasteiger partial charge in [-0.15, -0.1) is 0 Å². The van der Waals surface area contributed by atoms with Crippen LogP contribution in [0.1, 0.15) is 0 Å². The number of fused-ring (bicyclic) bond motifs is 1. The first kappa shape index (κ1) is 20.8. The summed E-state index contributed by atoms with van der Waals surface area (Å²) in [6.07, 6.45) is 0. The van der Waals surface area contributed by atoms with Gasteiger partial charge in [-0.1, -0.05) is 0 Å². The molecule has 160 valence electrons. The summed E-state index contributed by atoms with van der Waals surface area (Å²) in [5.41, 5.74) is 1.82. The molecule has 1 heterocycles. The summed E-state index contributed by atoms with van der Waals surface area (Å²) in [6.45, 7) is 0.198. The van der Waals surface area contributed by atoms with Crippen molar-refractivity contribution in [3.8, 4) is 17.2 Å². The number of nitrogens with one attached hydrogen (secondary N) is 3. The molecule has 1 aliphatic heterocycles. The average Bonchev–Trinajstić information content (AvgIpc) is 3.22. The number of thiocarbonyl (C=S) groups is 1. The molecule has 0 aliphatic carbocycles. The summed E-state index contributed by atoms with van der Waals surface area (Å²) in [5, 5.41) is 6.42. The lowest BCUT2D eigenvalue weighted by atomic mass is 10.3. The molecule has 8 nitrogen and oxygen atoms in total. The van der Waals surface area contributed by atoms with E-state index in [1.165, 1.54) is 12.1 Å². The number of methoxy groups -OCH3 is 1. The quantitative estimate of drug-likeness (QED) is 0.477. The predicted molar refractivity (Wildman–Crippen MR) is 123 cm³/mol. The summed E-state index contributed by atoms with van der Waals surface area (Å²) in [7, 11) is -2.18. The van der Waals surface area contributed by atoms with Crippen molar-refractivity contribution in [2.24, 2.45) is 0 Å². The molecule has 0 aromatic heterocycles. The van der Waals surface area contributed by atoms with Crippen molar-refractivity contribution in [1.82, 2.24) is 0 Å². The Hall–Kier alpha value is -3.50. The second kappa shape index (κ2) is 8.70. The van der Waals surface area contributed by atoms with Crippen molar-refractivity contribution < 1.29 is 22.6 Å². The molecule has 0 bridgehead atoms. The van der Waals surface area contributed by atoms with Crippen LogP contribution in [-0.4, -0.2) is 27.4 Å². The number of anilines is 3. The largest absolute Gasteiger partial charge is 0.497 e. The molecule has 3 aromatic carbocycles. The maximum Gasteiger partial charge on any atom is 0.261 e. The predicted octanol–water partition coefficient (Wildman–Crippen LogP) is 4.03. The molecule has 3 N–H and O–H groups in total. The first-order valence-electron chi connectivity index (χ1n) is 9.17. The van der Waals surface area contributed by atoms with Crippen molar-refractivity contribution in [1.29, 1.82) is 0 Å². The Morgan fingerprint density at radius 2 is 1.48 bits per heavy atom. The molecule has 4 rings (SSSR count). The molecule has 0 atom stereocenters. The Labute approximate surface area is 185 Å². The number of sulfonamides is 1. The molecule has 10 heteroatoms. The summed E-state index contributed by atoms with van der Waals surface area (Å²) in [5.74, 6) is 1.97. The summed E-state index contributed by atoms with van der Waals surface area (Å²) in [4.78, 5) is 0.128. The van der Waals surface area contributed by atoms with E-state index in [2.05, 4.69) is 15.4 Å². The van der Waals surface area contributed by atoms with Gasteiger partial charge < -0.3 is 24.8 Å². The molecule has 31 heavy (non-hydrogen) atoms. The van der Waals surface area contributed by atoms with Crippen molar-refractivity contribution in [2.75, 3.05) is 29.3 Å². The van der Waals surface area contributed by atoms with Gasteiger partial charge in [-0.25, -0.2) is 8.42 Å². The van der Waals surface area contributed by atoms with Crippen LogP contribution >= 0.6 is 12.2 Å². The van der Waals surface area contributed by atoms with Gasteiger partial charge in [-0.2, -0.15) is 0 Å². The second-order valence-corrected chi connectivity index (χ2v) is 8.60. The van der Waals surface area contributed by atoms with Crippen LogP contribution < -0.4 is 29.6 Å². The maximum atomic E-state index is 12.6. The van der Waals surface area contributed by atoms with Gasteiger partial charge in [0.2, 0.25) is 6.79 Å². The molecule has 0 saturated heterocycles. The minimum Gasteiger partial charge on any atom is -0.497 e. The Bertz CT molecular complexity index is 1200. The Kier molecular flexibility index (Phi) is 5.83. The highest BCUT2D eigenvalue weighted by molar-refractivity contribution is 7.92. The van der Waals surface area contributed by atoms with E-state index in [-0.39, 0.29) is 11.7 Å². The number of benzene rings is 3. The molecule has 3 aromatic rings. The van der Waals surface area contributed by atoms with Crippen molar-refractivity contribution in [2.45, 2.75) is 4.90 Å². The summed E-state index contributed by atoms with van der Waals surface area (Å²) < 4.78 is 43.4. The number of rotatable bonds is 6. The van der Waals surface area contributed by atoms with E-state index in [1.54, 1.807) is 55.6 Å². The van der Waals surface area contributed by atoms with Crippen molar-refractivity contribution in [3.05, 3.63) is 66.7 Å². The van der Waals surface area contributed by atoms with E-state index in [0.29, 0.717) is 33.7 Å². The summed E-state index contributed by atoms with van der Waals surface area (Å²) in [6, 6.07) is 18.3. The lowest BCUT2D eigenvalue weighted by molar-refractivity contribution is 0.174. The zero-order valence-corrected chi connectivity index (χ0v) is 18.0. The van der Waals surface area contributed by atoms with Gasteiger partial charge in [0.1, 0.15) is 5.75 Å². The van der Waals surface area contributed by atoms with Crippen LogP contribution in [0, 0.1) is 0 Å². The van der Waals surface area contributed by atoms with E-state index in [4.69, 9.17) is 26.4 Å². The third kappa shape index (κ3) is 4.98. The van der Waals surface area contributed by atoms with E-state index in [1.807, 2.05) is 6.07 Å². The second-order valence-electron chi connectivity index (χ2n) is 6.51. The fraction of sp³-hybridized carbons (Fsp3) is 0.0952. The minimum absolute atomic E-state index is 0.128. The molecule has 0 saturated carbocycles. The highest BCUT2D eigenvalue weighted by atomic mass is 32.2. The molecule has 0 unspecified atom stereocenters. The van der Waals surface area contributed by atoms with Gasteiger partial charge in [-0.3, -0.25) is 4.72 Å². The normalized spacial score (nSPS) is 12.2. The van der Waals surface area contributed by atoms with Gasteiger partial charge in [0, 0.05) is 23.1 Å². The van der Waals surface area contributed by atoms with Crippen LogP contribution in [0.15, 0.2) is 71.6 Å². The molecule has 0 amide bonds. The monoisotopic (exact) mass is 457 g/mol. The molecule has 0 radical (unpaired) electrons. The first-order valence-corrected chi connectivity index (χ1v) is 11.1. The lowest BCUT2D eigenvalue weighted by Gasteiger charge is -2.12. The van der Waals surface area contributed by atoms with E-state index in [0.717, 1.165) is 5.69 Å². The molecule has 1 aliphatic rings. The fourth-order valence-electron chi connectivity index (χ4n) is 2.86. The lowest BCUT2D eigenvalue weighted by Crippen LogP contribution is -2.19. The van der Waals surface area contributed by atoms with Crippen molar-refractivity contribution in [3.63, 3.8) is 0 Å². The van der Waals surface area contributed by atoms with Gasteiger partial charge in [0.05, 0.1) is 12.0 Å². The Balaban J connectivity index is 1.38. The highest BCUT2D eigenvalue weighted by Gasteiger charge is 2.15. The zero-order chi connectivity index (χ0) is 21.8. The number of ether oxygens (including phenoxy) is 3. The van der Waals surface area contributed by atoms with Gasteiger partial charge >= 0.3 is 0 Å². The van der Waals surface area contributed by atoms with Crippen LogP contribution in [0.25, 0.3) is 0 Å². The zero-order valence-electron chi connectivity index (χ0n) is 16.4. The molecular formula is C21H19N3O5S2. The van der Waals surface area contributed by atoms with Gasteiger partial charge in [-0.05, 0) is 72.9 Å². The topological polar surface area (TPSA) is 97.9 Å². The summed E-state index contributed by atoms with van der Waals surface area (Å²) >= 11 is 5.32. The van der Waals surface area contributed by atoms with Crippen LogP contribution in [-0.2, 0) is 10.0 Å². The van der Waals surface area contributed by atoms with E-state index >= 15 is 0 Å². The third-order valence-corrected chi connectivity index (χ3v) is 6.00. The van der Waals surface area contributed by atoms with Gasteiger partial charge in [0.15, 0.2) is 16.6 Å².